The third kappa shape index (κ3) is 3.77. The maximum atomic E-state index is 12.3. The van der Waals surface area contributed by atoms with Crippen LogP contribution in [0.2, 0.25) is 0 Å². The maximum Gasteiger partial charge on any atom is 0.270 e. The first-order valence-electron chi connectivity index (χ1n) is 7.49. The van der Waals surface area contributed by atoms with Crippen LogP contribution in [-0.4, -0.2) is 46.9 Å². The van der Waals surface area contributed by atoms with Gasteiger partial charge >= 0.3 is 0 Å². The van der Waals surface area contributed by atoms with E-state index < -0.39 is 4.92 Å². The summed E-state index contributed by atoms with van der Waals surface area (Å²) in [6, 6.07) is 6.22. The Balaban J connectivity index is 1.58. The zero-order chi connectivity index (χ0) is 16.9. The van der Waals surface area contributed by atoms with E-state index in [9.17, 15) is 14.9 Å². The molecule has 0 aliphatic carbocycles. The van der Waals surface area contributed by atoms with Gasteiger partial charge < -0.3 is 9.80 Å². The summed E-state index contributed by atoms with van der Waals surface area (Å²) in [4.78, 5) is 30.8. The second-order valence-corrected chi connectivity index (χ2v) is 6.19. The van der Waals surface area contributed by atoms with Gasteiger partial charge in [0.1, 0.15) is 0 Å². The van der Waals surface area contributed by atoms with E-state index in [1.165, 1.54) is 18.2 Å². The molecule has 0 spiro atoms. The third-order valence-corrected chi connectivity index (χ3v) is 4.61. The number of amides is 1. The quantitative estimate of drug-likeness (QED) is 0.483. The van der Waals surface area contributed by atoms with Crippen LogP contribution in [-0.2, 0) is 4.79 Å². The molecule has 7 nitrogen and oxygen atoms in total. The molecule has 1 aromatic carbocycles. The fraction of sp³-hybridized carbons (Fsp3) is 0.250. The van der Waals surface area contributed by atoms with Crippen LogP contribution in [0.5, 0.6) is 0 Å². The molecule has 0 unspecified atom stereocenters. The minimum absolute atomic E-state index is 0.0154. The normalized spacial score (nSPS) is 15.0. The van der Waals surface area contributed by atoms with E-state index in [1.807, 2.05) is 5.38 Å². The van der Waals surface area contributed by atoms with Crippen LogP contribution in [0.15, 0.2) is 41.9 Å². The number of nitrogens with zero attached hydrogens (tertiary/aromatic N) is 4. The van der Waals surface area contributed by atoms with Gasteiger partial charge in [-0.3, -0.25) is 14.9 Å². The Morgan fingerprint density at radius 1 is 1.29 bits per heavy atom. The summed E-state index contributed by atoms with van der Waals surface area (Å²) >= 11 is 1.59. The number of thiazole rings is 1. The molecule has 1 fully saturated rings. The van der Waals surface area contributed by atoms with Gasteiger partial charge in [0.15, 0.2) is 5.13 Å². The van der Waals surface area contributed by atoms with Gasteiger partial charge in [-0.2, -0.15) is 0 Å². The first-order valence-corrected chi connectivity index (χ1v) is 8.37. The monoisotopic (exact) mass is 344 g/mol. The summed E-state index contributed by atoms with van der Waals surface area (Å²) < 4.78 is 0. The van der Waals surface area contributed by atoms with E-state index in [0.29, 0.717) is 18.7 Å². The lowest BCUT2D eigenvalue weighted by Gasteiger charge is -2.34. The fourth-order valence-corrected chi connectivity index (χ4v) is 3.20. The minimum Gasteiger partial charge on any atom is -0.345 e. The molecule has 0 atom stereocenters. The van der Waals surface area contributed by atoms with E-state index in [-0.39, 0.29) is 11.6 Å². The Morgan fingerprint density at radius 2 is 2.08 bits per heavy atom. The number of nitro benzene ring substituents is 1. The van der Waals surface area contributed by atoms with Crippen molar-refractivity contribution in [2.75, 3.05) is 31.1 Å². The lowest BCUT2D eigenvalue weighted by atomic mass is 10.2. The average Bonchev–Trinajstić information content (AvgIpc) is 3.14. The summed E-state index contributed by atoms with van der Waals surface area (Å²) in [6.07, 6.45) is 4.86. The number of rotatable bonds is 4. The molecule has 124 valence electrons. The predicted octanol–water partition coefficient (Wildman–Crippen LogP) is 2.41. The third-order valence-electron chi connectivity index (χ3n) is 3.78. The fourth-order valence-electron chi connectivity index (χ4n) is 2.51. The molecule has 2 heterocycles. The number of anilines is 1. The van der Waals surface area contributed by atoms with Crippen LogP contribution in [0, 0.1) is 10.1 Å². The molecule has 1 aliphatic heterocycles. The molecule has 0 saturated carbocycles. The molecule has 8 heteroatoms. The molecule has 1 amide bonds. The molecule has 2 aromatic rings. The standard InChI is InChI=1S/C16H16N4O3S/c21-15(5-4-13-2-1-3-14(12-13)20(22)23)18-7-9-19(10-8-18)16-17-6-11-24-16/h1-6,11-12H,7-10H2/b5-4+. The van der Waals surface area contributed by atoms with E-state index in [0.717, 1.165) is 18.2 Å². The van der Waals surface area contributed by atoms with Gasteiger partial charge in [0.2, 0.25) is 5.91 Å². The van der Waals surface area contributed by atoms with Crippen molar-refractivity contribution in [1.29, 1.82) is 0 Å². The number of nitro groups is 1. The SMILES string of the molecule is O=C(/C=C/c1cccc([N+](=O)[O-])c1)N1CCN(c2nccs2)CC1. The van der Waals surface area contributed by atoms with Gasteiger partial charge in [0.05, 0.1) is 4.92 Å². The number of non-ortho nitro benzene ring substituents is 1. The second kappa shape index (κ2) is 7.22. The van der Waals surface area contributed by atoms with Crippen molar-refractivity contribution >= 4 is 34.1 Å². The summed E-state index contributed by atoms with van der Waals surface area (Å²) in [6.45, 7) is 2.78. The number of hydrogen-bond donors (Lipinski definition) is 0. The first kappa shape index (κ1) is 16.1. The number of benzene rings is 1. The summed E-state index contributed by atoms with van der Waals surface area (Å²) in [5, 5.41) is 13.7. The molecular formula is C16H16N4O3S. The first-order chi connectivity index (χ1) is 11.6. The van der Waals surface area contributed by atoms with Crippen molar-refractivity contribution in [3.8, 4) is 0 Å². The number of piperazine rings is 1. The Kier molecular flexibility index (Phi) is 4.85. The van der Waals surface area contributed by atoms with Gasteiger partial charge in [0.25, 0.3) is 5.69 Å². The molecule has 24 heavy (non-hydrogen) atoms. The van der Waals surface area contributed by atoms with Crippen LogP contribution in [0.1, 0.15) is 5.56 Å². The molecule has 1 saturated heterocycles. The number of hydrogen-bond acceptors (Lipinski definition) is 6. The van der Waals surface area contributed by atoms with Gasteiger partial charge in [0, 0.05) is 56.0 Å². The van der Waals surface area contributed by atoms with E-state index >= 15 is 0 Å². The summed E-state index contributed by atoms with van der Waals surface area (Å²) in [5.41, 5.74) is 0.653. The number of carbonyl (C=O) groups is 1. The Labute approximate surface area is 143 Å². The largest absolute Gasteiger partial charge is 0.345 e. The molecule has 0 bridgehead atoms. The van der Waals surface area contributed by atoms with Gasteiger partial charge in [-0.25, -0.2) is 4.98 Å². The molecule has 1 aromatic heterocycles. The lowest BCUT2D eigenvalue weighted by Crippen LogP contribution is -2.48. The van der Waals surface area contributed by atoms with Crippen molar-refractivity contribution in [2.45, 2.75) is 0 Å². The minimum atomic E-state index is -0.447. The molecule has 3 rings (SSSR count). The molecule has 1 aliphatic rings. The zero-order valence-electron chi connectivity index (χ0n) is 12.9. The van der Waals surface area contributed by atoms with E-state index in [2.05, 4.69) is 9.88 Å². The lowest BCUT2D eigenvalue weighted by molar-refractivity contribution is -0.384. The van der Waals surface area contributed by atoms with Crippen LogP contribution in [0.3, 0.4) is 0 Å². The van der Waals surface area contributed by atoms with Gasteiger partial charge in [-0.1, -0.05) is 12.1 Å². The molecular weight excluding hydrogens is 328 g/mol. The average molecular weight is 344 g/mol. The maximum absolute atomic E-state index is 12.3. The summed E-state index contributed by atoms with van der Waals surface area (Å²) in [5.74, 6) is -0.0831. The van der Waals surface area contributed by atoms with Gasteiger partial charge in [-0.15, -0.1) is 11.3 Å². The van der Waals surface area contributed by atoms with Crippen LogP contribution in [0.25, 0.3) is 6.08 Å². The van der Waals surface area contributed by atoms with E-state index in [4.69, 9.17) is 0 Å². The topological polar surface area (TPSA) is 79.6 Å². The van der Waals surface area contributed by atoms with Crippen LogP contribution >= 0.6 is 11.3 Å². The predicted molar refractivity (Wildman–Crippen MR) is 93.0 cm³/mol. The summed E-state index contributed by atoms with van der Waals surface area (Å²) in [7, 11) is 0. The highest BCUT2D eigenvalue weighted by molar-refractivity contribution is 7.13. The van der Waals surface area contributed by atoms with Crippen molar-refractivity contribution in [3.05, 3.63) is 57.6 Å². The highest BCUT2D eigenvalue weighted by Gasteiger charge is 2.20. The Morgan fingerprint density at radius 3 is 2.75 bits per heavy atom. The van der Waals surface area contributed by atoms with Crippen molar-refractivity contribution in [2.24, 2.45) is 0 Å². The highest BCUT2D eigenvalue weighted by atomic mass is 32.1. The van der Waals surface area contributed by atoms with Gasteiger partial charge in [-0.05, 0) is 11.6 Å². The Bertz CT molecular complexity index is 752. The van der Waals surface area contributed by atoms with Crippen LogP contribution < -0.4 is 4.90 Å². The number of carbonyl (C=O) groups excluding carboxylic acids is 1. The highest BCUT2D eigenvalue weighted by Crippen LogP contribution is 2.19. The smallest absolute Gasteiger partial charge is 0.270 e. The Hall–Kier alpha value is -2.74. The zero-order valence-corrected chi connectivity index (χ0v) is 13.7. The van der Waals surface area contributed by atoms with Crippen LogP contribution in [0.4, 0.5) is 10.8 Å². The van der Waals surface area contributed by atoms with E-state index in [1.54, 1.807) is 40.6 Å². The van der Waals surface area contributed by atoms with Crippen molar-refractivity contribution in [3.63, 3.8) is 0 Å². The second-order valence-electron chi connectivity index (χ2n) is 5.31. The molecule has 0 N–H and O–H groups in total. The van der Waals surface area contributed by atoms with Crippen molar-refractivity contribution in [1.82, 2.24) is 9.88 Å². The number of aromatic nitrogens is 1. The van der Waals surface area contributed by atoms with Crippen molar-refractivity contribution < 1.29 is 9.72 Å². The molecule has 0 radical (unpaired) electrons.